The first kappa shape index (κ1) is 13.8. The Morgan fingerprint density at radius 2 is 2.24 bits per heavy atom. The van der Waals surface area contributed by atoms with E-state index < -0.39 is 0 Å². The van der Waals surface area contributed by atoms with Crippen LogP contribution in [-0.2, 0) is 16.1 Å². The number of ether oxygens (including phenoxy) is 1. The highest BCUT2D eigenvalue weighted by Gasteiger charge is 2.22. The van der Waals surface area contributed by atoms with Crippen molar-refractivity contribution in [2.45, 2.75) is 19.9 Å². The number of carbonyl (C=O) groups excluding carboxylic acids is 1. The molecule has 1 atom stereocenters. The number of imidazole rings is 1. The van der Waals surface area contributed by atoms with E-state index in [1.165, 1.54) is 0 Å². The minimum atomic E-state index is 0.0119. The monoisotopic (exact) mass is 285 g/mol. The first-order valence-electron chi connectivity index (χ1n) is 7.19. The third kappa shape index (κ3) is 3.13. The molecule has 1 aliphatic rings. The second kappa shape index (κ2) is 6.10. The van der Waals surface area contributed by atoms with Crippen LogP contribution >= 0.6 is 0 Å². The van der Waals surface area contributed by atoms with Crippen LogP contribution in [0.15, 0.2) is 36.7 Å². The smallest absolute Gasteiger partial charge is 0.225 e. The van der Waals surface area contributed by atoms with Gasteiger partial charge in [0.05, 0.1) is 12.5 Å². The number of amides is 1. The summed E-state index contributed by atoms with van der Waals surface area (Å²) in [6, 6.07) is 8.13. The molecule has 5 nitrogen and oxygen atoms in total. The SMILES string of the molecule is Cc1nccn1-c1ccc(CNC(=O)C2CCOC2)cc1. The maximum atomic E-state index is 11.9. The summed E-state index contributed by atoms with van der Waals surface area (Å²) in [5, 5.41) is 2.97. The summed E-state index contributed by atoms with van der Waals surface area (Å²) < 4.78 is 7.26. The number of rotatable bonds is 4. The average Bonchev–Trinajstić information content (AvgIpc) is 3.17. The van der Waals surface area contributed by atoms with Crippen molar-refractivity contribution in [1.82, 2.24) is 14.9 Å². The highest BCUT2D eigenvalue weighted by atomic mass is 16.5. The van der Waals surface area contributed by atoms with Crippen LogP contribution in [0.4, 0.5) is 0 Å². The molecule has 1 aliphatic heterocycles. The summed E-state index contributed by atoms with van der Waals surface area (Å²) in [7, 11) is 0. The number of hydrogen-bond donors (Lipinski definition) is 1. The lowest BCUT2D eigenvalue weighted by atomic mass is 10.1. The average molecular weight is 285 g/mol. The molecule has 0 aliphatic carbocycles. The van der Waals surface area contributed by atoms with Gasteiger partial charge in [-0.25, -0.2) is 4.98 Å². The fraction of sp³-hybridized carbons (Fsp3) is 0.375. The first-order valence-corrected chi connectivity index (χ1v) is 7.19. The van der Waals surface area contributed by atoms with E-state index in [0.717, 1.165) is 23.5 Å². The van der Waals surface area contributed by atoms with E-state index in [2.05, 4.69) is 10.3 Å². The van der Waals surface area contributed by atoms with Crippen LogP contribution in [0.1, 0.15) is 17.8 Å². The van der Waals surface area contributed by atoms with Crippen LogP contribution in [-0.4, -0.2) is 28.7 Å². The molecule has 0 spiro atoms. The molecule has 1 fully saturated rings. The zero-order valence-electron chi connectivity index (χ0n) is 12.1. The lowest BCUT2D eigenvalue weighted by molar-refractivity contribution is -0.125. The van der Waals surface area contributed by atoms with Crippen molar-refractivity contribution in [3.63, 3.8) is 0 Å². The number of aryl methyl sites for hydroxylation is 1. The molecular formula is C16H19N3O2. The lowest BCUT2D eigenvalue weighted by Gasteiger charge is -2.10. The summed E-state index contributed by atoms with van der Waals surface area (Å²) in [5.74, 6) is 1.05. The molecule has 2 aromatic rings. The van der Waals surface area contributed by atoms with Crippen molar-refractivity contribution < 1.29 is 9.53 Å². The van der Waals surface area contributed by atoms with E-state index in [1.807, 2.05) is 42.0 Å². The normalized spacial score (nSPS) is 17.9. The van der Waals surface area contributed by atoms with Crippen LogP contribution < -0.4 is 5.32 Å². The van der Waals surface area contributed by atoms with Crippen molar-refractivity contribution in [2.75, 3.05) is 13.2 Å². The van der Waals surface area contributed by atoms with E-state index in [4.69, 9.17) is 4.74 Å². The number of benzene rings is 1. The zero-order valence-corrected chi connectivity index (χ0v) is 12.1. The van der Waals surface area contributed by atoms with Crippen LogP contribution in [0, 0.1) is 12.8 Å². The van der Waals surface area contributed by atoms with Crippen molar-refractivity contribution in [1.29, 1.82) is 0 Å². The third-order valence-electron chi connectivity index (χ3n) is 3.81. The fourth-order valence-electron chi connectivity index (χ4n) is 2.50. The lowest BCUT2D eigenvalue weighted by Crippen LogP contribution is -2.30. The van der Waals surface area contributed by atoms with Gasteiger partial charge < -0.3 is 14.6 Å². The van der Waals surface area contributed by atoms with Gasteiger partial charge in [0.2, 0.25) is 5.91 Å². The molecule has 21 heavy (non-hydrogen) atoms. The topological polar surface area (TPSA) is 56.2 Å². The summed E-state index contributed by atoms with van der Waals surface area (Å²) in [6.07, 6.45) is 4.55. The van der Waals surface area contributed by atoms with E-state index in [9.17, 15) is 4.79 Å². The maximum absolute atomic E-state index is 11.9. The Balaban J connectivity index is 1.60. The standard InChI is InChI=1S/C16H19N3O2/c1-12-17-7-8-19(12)15-4-2-13(3-5-15)10-18-16(20)14-6-9-21-11-14/h2-5,7-8,14H,6,9-11H2,1H3,(H,18,20). The third-order valence-corrected chi connectivity index (χ3v) is 3.81. The molecule has 5 heteroatoms. The molecule has 0 radical (unpaired) electrons. The molecule has 1 amide bonds. The number of carbonyl (C=O) groups is 1. The van der Waals surface area contributed by atoms with Crippen LogP contribution in [0.5, 0.6) is 0 Å². The summed E-state index contributed by atoms with van der Waals surface area (Å²) >= 11 is 0. The Morgan fingerprint density at radius 3 is 2.86 bits per heavy atom. The Hall–Kier alpha value is -2.14. The van der Waals surface area contributed by atoms with Gasteiger partial charge in [0, 0.05) is 31.2 Å². The first-order chi connectivity index (χ1) is 10.2. The molecule has 1 saturated heterocycles. The zero-order chi connectivity index (χ0) is 14.7. The summed E-state index contributed by atoms with van der Waals surface area (Å²) in [4.78, 5) is 16.1. The molecule has 0 saturated carbocycles. The molecule has 1 aromatic heterocycles. The Labute approximate surface area is 124 Å². The highest BCUT2D eigenvalue weighted by Crippen LogP contribution is 2.14. The molecule has 1 N–H and O–H groups in total. The van der Waals surface area contributed by atoms with Gasteiger partial charge in [0.1, 0.15) is 5.82 Å². The van der Waals surface area contributed by atoms with E-state index in [0.29, 0.717) is 19.8 Å². The molecule has 1 aromatic carbocycles. The maximum Gasteiger partial charge on any atom is 0.225 e. The minimum absolute atomic E-state index is 0.0119. The van der Waals surface area contributed by atoms with Crippen LogP contribution in [0.2, 0.25) is 0 Å². The van der Waals surface area contributed by atoms with Gasteiger partial charge in [-0.1, -0.05) is 12.1 Å². The van der Waals surface area contributed by atoms with Gasteiger partial charge in [-0.3, -0.25) is 4.79 Å². The van der Waals surface area contributed by atoms with Crippen molar-refractivity contribution >= 4 is 5.91 Å². The summed E-state index contributed by atoms with van der Waals surface area (Å²) in [6.45, 7) is 3.76. The van der Waals surface area contributed by atoms with Crippen LogP contribution in [0.25, 0.3) is 5.69 Å². The Bertz CT molecular complexity index is 613. The van der Waals surface area contributed by atoms with Gasteiger partial charge >= 0.3 is 0 Å². The van der Waals surface area contributed by atoms with Gasteiger partial charge in [-0.2, -0.15) is 0 Å². The van der Waals surface area contributed by atoms with Gasteiger partial charge in [-0.15, -0.1) is 0 Å². The molecule has 0 bridgehead atoms. The van der Waals surface area contributed by atoms with E-state index in [-0.39, 0.29) is 11.8 Å². The molecular weight excluding hydrogens is 266 g/mol. The van der Waals surface area contributed by atoms with Crippen molar-refractivity contribution in [3.8, 4) is 5.69 Å². The predicted octanol–water partition coefficient (Wildman–Crippen LogP) is 1.83. The van der Waals surface area contributed by atoms with Gasteiger partial charge in [0.25, 0.3) is 0 Å². The number of aromatic nitrogens is 2. The molecule has 1 unspecified atom stereocenters. The Morgan fingerprint density at radius 1 is 1.43 bits per heavy atom. The number of hydrogen-bond acceptors (Lipinski definition) is 3. The second-order valence-corrected chi connectivity index (χ2v) is 5.29. The number of nitrogens with one attached hydrogen (secondary N) is 1. The predicted molar refractivity (Wildman–Crippen MR) is 79.1 cm³/mol. The number of nitrogens with zero attached hydrogens (tertiary/aromatic N) is 2. The molecule has 110 valence electrons. The fourth-order valence-corrected chi connectivity index (χ4v) is 2.50. The van der Waals surface area contributed by atoms with Crippen molar-refractivity contribution in [2.24, 2.45) is 5.92 Å². The van der Waals surface area contributed by atoms with E-state index >= 15 is 0 Å². The minimum Gasteiger partial charge on any atom is -0.381 e. The van der Waals surface area contributed by atoms with Gasteiger partial charge in [0.15, 0.2) is 0 Å². The van der Waals surface area contributed by atoms with E-state index in [1.54, 1.807) is 6.20 Å². The largest absolute Gasteiger partial charge is 0.381 e. The summed E-state index contributed by atoms with van der Waals surface area (Å²) in [5.41, 5.74) is 2.16. The second-order valence-electron chi connectivity index (χ2n) is 5.29. The van der Waals surface area contributed by atoms with Crippen molar-refractivity contribution in [3.05, 3.63) is 48.0 Å². The quantitative estimate of drug-likeness (QED) is 0.932. The highest BCUT2D eigenvalue weighted by molar-refractivity contribution is 5.78. The van der Waals surface area contributed by atoms with Crippen LogP contribution in [0.3, 0.4) is 0 Å². The van der Waals surface area contributed by atoms with Gasteiger partial charge in [-0.05, 0) is 31.0 Å². The molecule has 2 heterocycles. The Kier molecular flexibility index (Phi) is 4.01. The molecule has 3 rings (SSSR count).